The van der Waals surface area contributed by atoms with Gasteiger partial charge in [-0.25, -0.2) is 0 Å². The van der Waals surface area contributed by atoms with Crippen LogP contribution in [0.5, 0.6) is 0 Å². The molecule has 2 heteroatoms. The average Bonchev–Trinajstić information content (AvgIpc) is 3.76. The topological polar surface area (TPSA) is 6.48 Å². The molecule has 6 aromatic carbocycles. The molecule has 1 fully saturated rings. The predicted octanol–water partition coefficient (Wildman–Crippen LogP) is 12.5. The number of benzene rings is 6. The van der Waals surface area contributed by atoms with Crippen LogP contribution in [0.15, 0.2) is 206 Å². The summed E-state index contributed by atoms with van der Waals surface area (Å²) in [5.41, 5.74) is 12.8. The van der Waals surface area contributed by atoms with Gasteiger partial charge in [-0.2, -0.15) is 0 Å². The van der Waals surface area contributed by atoms with Gasteiger partial charge in [-0.1, -0.05) is 170 Å². The van der Waals surface area contributed by atoms with E-state index in [1.165, 1.54) is 66.8 Å². The molecular formula is C52H40N2. The van der Waals surface area contributed by atoms with Crippen molar-refractivity contribution in [1.82, 2.24) is 0 Å². The molecule has 5 aliphatic rings. The Morgan fingerprint density at radius 2 is 1.04 bits per heavy atom. The molecule has 6 atom stereocenters. The lowest BCUT2D eigenvalue weighted by molar-refractivity contribution is 0.528. The molecule has 6 aromatic rings. The van der Waals surface area contributed by atoms with Gasteiger partial charge in [-0.3, -0.25) is 0 Å². The van der Waals surface area contributed by atoms with Crippen LogP contribution in [0.4, 0.5) is 17.1 Å². The Bertz CT molecular complexity index is 2580. The molecular weight excluding hydrogens is 653 g/mol. The first-order valence-corrected chi connectivity index (χ1v) is 19.3. The van der Waals surface area contributed by atoms with Crippen LogP contribution in [0.2, 0.25) is 0 Å². The lowest BCUT2D eigenvalue weighted by atomic mass is 9.80. The molecule has 0 amide bonds. The quantitative estimate of drug-likeness (QED) is 0.177. The van der Waals surface area contributed by atoms with E-state index in [1.807, 2.05) is 0 Å². The summed E-state index contributed by atoms with van der Waals surface area (Å²) < 4.78 is 0. The van der Waals surface area contributed by atoms with Crippen molar-refractivity contribution < 1.29 is 0 Å². The Kier molecular flexibility index (Phi) is 7.30. The monoisotopic (exact) mass is 692 g/mol. The third-order valence-electron chi connectivity index (χ3n) is 12.4. The van der Waals surface area contributed by atoms with Crippen molar-refractivity contribution in [2.24, 2.45) is 11.8 Å². The van der Waals surface area contributed by atoms with Crippen molar-refractivity contribution in [3.05, 3.63) is 217 Å². The standard InChI is InChI=1S/C52H40N2/c1-2-10-35(11-3-1)37-22-27-43(28-23-37)53-49-16-8-6-14-45(49)47-33-41(25-30-51(47)53)38-18-20-39(21-19-38)42-26-31-52-48(34-42)46-15-7-9-17-50(46)54(52)44-29-24-36-12-4-5-13-40(36)32-44/h1-34,45-46,48-50,52H. The van der Waals surface area contributed by atoms with E-state index in [-0.39, 0.29) is 6.04 Å². The van der Waals surface area contributed by atoms with E-state index >= 15 is 0 Å². The van der Waals surface area contributed by atoms with Crippen molar-refractivity contribution in [2.45, 2.75) is 24.0 Å². The van der Waals surface area contributed by atoms with Gasteiger partial charge in [-0.15, -0.1) is 0 Å². The molecule has 0 aromatic heterocycles. The van der Waals surface area contributed by atoms with Gasteiger partial charge >= 0.3 is 0 Å². The molecule has 0 saturated carbocycles. The molecule has 6 unspecified atom stereocenters. The fourth-order valence-electron chi connectivity index (χ4n) is 9.75. The van der Waals surface area contributed by atoms with Gasteiger partial charge in [0.2, 0.25) is 0 Å². The summed E-state index contributed by atoms with van der Waals surface area (Å²) >= 11 is 0. The van der Waals surface area contributed by atoms with Crippen molar-refractivity contribution in [3.63, 3.8) is 0 Å². The van der Waals surface area contributed by atoms with Gasteiger partial charge in [0.05, 0.1) is 18.1 Å². The van der Waals surface area contributed by atoms with E-state index in [2.05, 4.69) is 216 Å². The van der Waals surface area contributed by atoms with E-state index < -0.39 is 0 Å². The zero-order valence-electron chi connectivity index (χ0n) is 30.0. The maximum atomic E-state index is 2.64. The maximum Gasteiger partial charge on any atom is 0.0629 e. The van der Waals surface area contributed by atoms with Gasteiger partial charge in [0.15, 0.2) is 0 Å². The van der Waals surface area contributed by atoms with Crippen LogP contribution in [-0.2, 0) is 0 Å². The zero-order chi connectivity index (χ0) is 35.6. The van der Waals surface area contributed by atoms with Crippen LogP contribution < -0.4 is 9.80 Å². The second kappa shape index (κ2) is 12.6. The van der Waals surface area contributed by atoms with Crippen LogP contribution in [0.25, 0.3) is 38.6 Å². The molecule has 11 rings (SSSR count). The minimum atomic E-state index is 0.265. The molecule has 258 valence electrons. The largest absolute Gasteiger partial charge is 0.357 e. The number of hydrogen-bond acceptors (Lipinski definition) is 2. The number of allylic oxidation sites excluding steroid dienone is 6. The summed E-state index contributed by atoms with van der Waals surface area (Å²) in [5, 5.41) is 2.58. The van der Waals surface area contributed by atoms with E-state index in [0.717, 1.165) is 0 Å². The van der Waals surface area contributed by atoms with Crippen LogP contribution >= 0.6 is 0 Å². The molecule has 0 bridgehead atoms. The molecule has 2 heterocycles. The van der Waals surface area contributed by atoms with E-state index in [4.69, 9.17) is 0 Å². The summed E-state index contributed by atoms with van der Waals surface area (Å²) in [7, 11) is 0. The van der Waals surface area contributed by atoms with E-state index in [0.29, 0.717) is 29.8 Å². The fourth-order valence-corrected chi connectivity index (χ4v) is 9.75. The first kappa shape index (κ1) is 31.2. The summed E-state index contributed by atoms with van der Waals surface area (Å²) in [5.74, 6) is 1.16. The molecule has 2 aliphatic heterocycles. The number of anilines is 3. The van der Waals surface area contributed by atoms with Crippen molar-refractivity contribution in [1.29, 1.82) is 0 Å². The molecule has 1 saturated heterocycles. The van der Waals surface area contributed by atoms with Crippen molar-refractivity contribution in [2.75, 3.05) is 9.80 Å². The molecule has 0 N–H and O–H groups in total. The van der Waals surface area contributed by atoms with Gasteiger partial charge in [0.1, 0.15) is 0 Å². The lowest BCUT2D eigenvalue weighted by Crippen LogP contribution is -2.36. The molecule has 2 nitrogen and oxygen atoms in total. The van der Waals surface area contributed by atoms with Crippen LogP contribution in [0.1, 0.15) is 17.0 Å². The summed E-state index contributed by atoms with van der Waals surface area (Å²) in [6.07, 6.45) is 25.8. The summed E-state index contributed by atoms with van der Waals surface area (Å²) in [4.78, 5) is 5.16. The Hall–Kier alpha value is -6.38. The van der Waals surface area contributed by atoms with Crippen LogP contribution in [-0.4, -0.2) is 18.1 Å². The van der Waals surface area contributed by atoms with Gasteiger partial charge in [0, 0.05) is 34.8 Å². The number of nitrogens with zero attached hydrogens (tertiary/aromatic N) is 2. The normalized spacial score (nSPS) is 24.3. The number of fused-ring (bicyclic) bond motifs is 7. The molecule has 0 radical (unpaired) electrons. The van der Waals surface area contributed by atoms with Gasteiger partial charge in [-0.05, 0) is 86.1 Å². The van der Waals surface area contributed by atoms with Crippen molar-refractivity contribution >= 4 is 33.4 Å². The van der Waals surface area contributed by atoms with Gasteiger partial charge < -0.3 is 9.80 Å². The number of rotatable bonds is 5. The Morgan fingerprint density at radius 1 is 0.407 bits per heavy atom. The Morgan fingerprint density at radius 3 is 1.89 bits per heavy atom. The zero-order valence-corrected chi connectivity index (χ0v) is 30.0. The minimum Gasteiger partial charge on any atom is -0.357 e. The fraction of sp³-hybridized carbons (Fsp3) is 0.115. The SMILES string of the molecule is C1=CC2c3cc(-c4ccc(C5=CC6C7C=CC=CC7N(c7ccc8ccccc8c7)C6C=C5)cc4)ccc3N(c3ccc(-c4ccccc4)cc3)C2C=C1. The van der Waals surface area contributed by atoms with Crippen molar-refractivity contribution in [3.8, 4) is 22.3 Å². The third kappa shape index (κ3) is 5.09. The predicted molar refractivity (Wildman–Crippen MR) is 227 cm³/mol. The molecule has 0 spiro atoms. The summed E-state index contributed by atoms with van der Waals surface area (Å²) in [6, 6.07) is 52.5. The average molecular weight is 693 g/mol. The first-order chi connectivity index (χ1) is 26.8. The smallest absolute Gasteiger partial charge is 0.0629 e. The minimum absolute atomic E-state index is 0.265. The van der Waals surface area contributed by atoms with Gasteiger partial charge in [0.25, 0.3) is 0 Å². The highest BCUT2D eigenvalue weighted by molar-refractivity contribution is 5.87. The third-order valence-corrected chi connectivity index (χ3v) is 12.4. The highest BCUT2D eigenvalue weighted by Crippen LogP contribution is 2.50. The summed E-state index contributed by atoms with van der Waals surface area (Å²) in [6.45, 7) is 0. The first-order valence-electron chi connectivity index (χ1n) is 19.3. The second-order valence-electron chi connectivity index (χ2n) is 15.2. The lowest BCUT2D eigenvalue weighted by Gasteiger charge is -2.32. The van der Waals surface area contributed by atoms with Crippen LogP contribution in [0.3, 0.4) is 0 Å². The van der Waals surface area contributed by atoms with E-state index in [9.17, 15) is 0 Å². The number of hydrogen-bond donors (Lipinski definition) is 0. The second-order valence-corrected chi connectivity index (χ2v) is 15.2. The molecule has 3 aliphatic carbocycles. The Labute approximate surface area is 317 Å². The van der Waals surface area contributed by atoms with Crippen LogP contribution in [0, 0.1) is 11.8 Å². The maximum absolute atomic E-state index is 2.64. The highest BCUT2D eigenvalue weighted by atomic mass is 15.2. The highest BCUT2D eigenvalue weighted by Gasteiger charge is 2.46. The van der Waals surface area contributed by atoms with E-state index in [1.54, 1.807) is 0 Å². The molecule has 54 heavy (non-hydrogen) atoms. The Balaban J connectivity index is 0.874.